The number of benzene rings is 1. The molecule has 6 rings (SSSR count). The van der Waals surface area contributed by atoms with Gasteiger partial charge in [0.05, 0.1) is 6.20 Å². The molecule has 0 saturated carbocycles. The van der Waals surface area contributed by atoms with Gasteiger partial charge in [0.15, 0.2) is 0 Å². The fraction of sp³-hybridized carbons (Fsp3) is 0.500. The highest BCUT2D eigenvalue weighted by atomic mass is 19.3. The molecule has 35 heavy (non-hydrogen) atoms. The van der Waals surface area contributed by atoms with E-state index in [1.165, 1.54) is 10.4 Å². The first-order chi connectivity index (χ1) is 17.0. The van der Waals surface area contributed by atoms with Gasteiger partial charge in [-0.05, 0) is 56.7 Å². The van der Waals surface area contributed by atoms with E-state index in [1.54, 1.807) is 6.20 Å². The summed E-state index contributed by atoms with van der Waals surface area (Å²) in [6.07, 6.45) is 5.84. The number of fused-ring (bicyclic) bond motifs is 1. The normalized spacial score (nSPS) is 22.2. The average Bonchev–Trinajstić information content (AvgIpc) is 3.51. The number of halogens is 2. The Bertz CT molecular complexity index is 1260. The minimum absolute atomic E-state index is 0.147. The number of aryl methyl sites for hydroxylation is 2. The number of para-hydroxylation sites is 1. The minimum Gasteiger partial charge on any atom is -0.370 e. The van der Waals surface area contributed by atoms with Crippen LogP contribution in [0.15, 0.2) is 36.5 Å². The monoisotopic (exact) mass is 481 g/mol. The molecule has 0 aliphatic carbocycles. The number of hydrogen-bond acceptors (Lipinski definition) is 6. The largest absolute Gasteiger partial charge is 0.370 e. The maximum absolute atomic E-state index is 15.2. The van der Waals surface area contributed by atoms with Crippen LogP contribution in [0, 0.1) is 5.92 Å². The molecule has 3 aliphatic heterocycles. The Morgan fingerprint density at radius 3 is 3.03 bits per heavy atom. The number of anilines is 1. The Balaban J connectivity index is 1.06. The summed E-state index contributed by atoms with van der Waals surface area (Å²) in [5, 5.41) is 8.30. The summed E-state index contributed by atoms with van der Waals surface area (Å²) >= 11 is 0. The smallest absolute Gasteiger partial charge is 0.356 e. The molecule has 1 unspecified atom stereocenters. The molecule has 9 heteroatoms. The van der Waals surface area contributed by atoms with Crippen LogP contribution in [0.4, 0.5) is 14.6 Å². The molecule has 0 amide bonds. The molecule has 2 atom stereocenters. The van der Waals surface area contributed by atoms with Gasteiger partial charge < -0.3 is 10.2 Å². The van der Waals surface area contributed by atoms with Gasteiger partial charge in [0.1, 0.15) is 17.4 Å². The van der Waals surface area contributed by atoms with Gasteiger partial charge in [-0.2, -0.15) is 0 Å². The van der Waals surface area contributed by atoms with E-state index >= 15 is 8.78 Å². The lowest BCUT2D eigenvalue weighted by Crippen LogP contribution is -2.42. The molecule has 3 aromatic rings. The van der Waals surface area contributed by atoms with E-state index in [2.05, 4.69) is 21.5 Å². The standard InChI is InChI=1S/C26H29F2N5O2/c27-26(28,12-2-1-7-20-10-9-17-6-4-13-29-24(17)31-20)19-11-14-32(16-19)23-21-8-3-5-18-15-30-33(22(18)21)35-25(23)34/h3,5,8-10,15,19,23H,1-2,4,6-7,11-14,16H2,(H,29,31)/t19-,23?/m1/s1. The topological polar surface area (TPSA) is 72.3 Å². The van der Waals surface area contributed by atoms with Gasteiger partial charge in [0.2, 0.25) is 0 Å². The van der Waals surface area contributed by atoms with Crippen molar-refractivity contribution >= 4 is 22.7 Å². The summed E-state index contributed by atoms with van der Waals surface area (Å²) in [4.78, 5) is 25.9. The number of rotatable bonds is 7. The molecule has 2 aromatic heterocycles. The lowest BCUT2D eigenvalue weighted by Gasteiger charge is -2.30. The van der Waals surface area contributed by atoms with E-state index in [0.29, 0.717) is 32.2 Å². The zero-order valence-electron chi connectivity index (χ0n) is 19.6. The lowest BCUT2D eigenvalue weighted by molar-refractivity contribution is -0.153. The third-order valence-electron chi connectivity index (χ3n) is 7.61. The van der Waals surface area contributed by atoms with Crippen molar-refractivity contribution in [3.05, 3.63) is 53.3 Å². The molecule has 1 aromatic carbocycles. The van der Waals surface area contributed by atoms with Crippen molar-refractivity contribution in [2.24, 2.45) is 5.92 Å². The Kier molecular flexibility index (Phi) is 5.67. The van der Waals surface area contributed by atoms with Crippen LogP contribution in [0.1, 0.15) is 55.0 Å². The first kappa shape index (κ1) is 22.4. The number of unbranched alkanes of at least 4 members (excludes halogenated alkanes) is 1. The van der Waals surface area contributed by atoms with Gasteiger partial charge in [-0.25, -0.2) is 18.6 Å². The zero-order valence-corrected chi connectivity index (χ0v) is 19.6. The highest BCUT2D eigenvalue weighted by Crippen LogP contribution is 2.41. The van der Waals surface area contributed by atoms with Crippen LogP contribution >= 0.6 is 0 Å². The summed E-state index contributed by atoms with van der Waals surface area (Å²) in [6.45, 7) is 1.55. The summed E-state index contributed by atoms with van der Waals surface area (Å²) in [5.74, 6) is -3.06. The number of carbonyl (C=O) groups excluding carboxylic acids is 1. The Morgan fingerprint density at radius 2 is 2.11 bits per heavy atom. The highest BCUT2D eigenvalue weighted by Gasteiger charge is 2.47. The van der Waals surface area contributed by atoms with Crippen molar-refractivity contribution in [2.45, 2.75) is 56.9 Å². The molecule has 0 bridgehead atoms. The second kappa shape index (κ2) is 8.86. The number of hydrogen-bond donors (Lipinski definition) is 1. The zero-order chi connectivity index (χ0) is 24.0. The molecule has 0 spiro atoms. The van der Waals surface area contributed by atoms with Crippen molar-refractivity contribution in [1.29, 1.82) is 0 Å². The molecule has 1 N–H and O–H groups in total. The van der Waals surface area contributed by atoms with Crippen LogP contribution in [0.3, 0.4) is 0 Å². The molecule has 1 saturated heterocycles. The van der Waals surface area contributed by atoms with Crippen LogP contribution in [0.25, 0.3) is 10.9 Å². The summed E-state index contributed by atoms with van der Waals surface area (Å²) in [7, 11) is 0. The number of nitrogens with one attached hydrogen (secondary N) is 1. The maximum atomic E-state index is 15.2. The minimum atomic E-state index is -2.77. The van der Waals surface area contributed by atoms with E-state index in [1.807, 2.05) is 29.2 Å². The summed E-state index contributed by atoms with van der Waals surface area (Å²) in [6, 6.07) is 9.08. The van der Waals surface area contributed by atoms with E-state index in [9.17, 15) is 4.79 Å². The van der Waals surface area contributed by atoms with Crippen LogP contribution in [-0.4, -0.2) is 51.4 Å². The van der Waals surface area contributed by atoms with Crippen molar-refractivity contribution in [3.8, 4) is 0 Å². The predicted molar refractivity (Wildman–Crippen MR) is 127 cm³/mol. The van der Waals surface area contributed by atoms with Crippen molar-refractivity contribution in [3.63, 3.8) is 0 Å². The number of nitrogens with zero attached hydrogens (tertiary/aromatic N) is 4. The first-order valence-electron chi connectivity index (χ1n) is 12.5. The van der Waals surface area contributed by atoms with Crippen LogP contribution in [0.2, 0.25) is 0 Å². The second-order valence-electron chi connectivity index (χ2n) is 9.90. The molecule has 1 fully saturated rings. The molecule has 7 nitrogen and oxygen atoms in total. The molecular weight excluding hydrogens is 452 g/mol. The Hall–Kier alpha value is -3.07. The van der Waals surface area contributed by atoms with E-state index in [4.69, 9.17) is 4.84 Å². The van der Waals surface area contributed by atoms with Gasteiger partial charge in [-0.1, -0.05) is 29.1 Å². The fourth-order valence-electron chi connectivity index (χ4n) is 5.72. The van der Waals surface area contributed by atoms with E-state index in [0.717, 1.165) is 47.4 Å². The third-order valence-corrected chi connectivity index (χ3v) is 7.61. The van der Waals surface area contributed by atoms with E-state index < -0.39 is 23.9 Å². The quantitative estimate of drug-likeness (QED) is 0.511. The van der Waals surface area contributed by atoms with Gasteiger partial charge in [0.25, 0.3) is 5.92 Å². The number of alkyl halides is 2. The van der Waals surface area contributed by atoms with Crippen molar-refractivity contribution < 1.29 is 18.4 Å². The maximum Gasteiger partial charge on any atom is 0.356 e. The number of likely N-dealkylation sites (tertiary alicyclic amines) is 1. The van der Waals surface area contributed by atoms with Gasteiger partial charge in [-0.15, -0.1) is 5.10 Å². The second-order valence-corrected chi connectivity index (χ2v) is 9.90. The van der Waals surface area contributed by atoms with Crippen molar-refractivity contribution in [2.75, 3.05) is 25.0 Å². The summed E-state index contributed by atoms with van der Waals surface area (Å²) < 4.78 is 30.3. The molecule has 5 heterocycles. The molecular formula is C26H29F2N5O2. The van der Waals surface area contributed by atoms with E-state index in [-0.39, 0.29) is 13.0 Å². The van der Waals surface area contributed by atoms with Gasteiger partial charge in [0, 0.05) is 42.1 Å². The van der Waals surface area contributed by atoms with Gasteiger partial charge >= 0.3 is 5.97 Å². The predicted octanol–water partition coefficient (Wildman–Crippen LogP) is 4.17. The lowest BCUT2D eigenvalue weighted by atomic mass is 9.95. The number of pyridine rings is 1. The Morgan fingerprint density at radius 1 is 1.20 bits per heavy atom. The molecule has 184 valence electrons. The SMILES string of the molecule is O=C1On2ncc3cccc(c32)C1N1CC[C@@H](C(F)(F)CCCCc2ccc3c(n2)NCCC3)C1. The van der Waals surface area contributed by atoms with Crippen LogP contribution in [-0.2, 0) is 17.6 Å². The van der Waals surface area contributed by atoms with Crippen LogP contribution < -0.4 is 10.2 Å². The van der Waals surface area contributed by atoms with Gasteiger partial charge in [-0.3, -0.25) is 4.90 Å². The molecule has 3 aliphatic rings. The van der Waals surface area contributed by atoms with Crippen molar-refractivity contribution in [1.82, 2.24) is 19.8 Å². The Labute approximate surface area is 202 Å². The first-order valence-corrected chi connectivity index (χ1v) is 12.5. The fourth-order valence-corrected chi connectivity index (χ4v) is 5.72. The highest BCUT2D eigenvalue weighted by molar-refractivity contribution is 5.91. The average molecular weight is 482 g/mol. The van der Waals surface area contributed by atoms with Crippen LogP contribution in [0.5, 0.6) is 0 Å². The number of aromatic nitrogens is 3. The summed E-state index contributed by atoms with van der Waals surface area (Å²) in [5.41, 5.74) is 3.70. The number of carbonyl (C=O) groups is 1. The molecule has 0 radical (unpaired) electrons. The third kappa shape index (κ3) is 4.16.